The van der Waals surface area contributed by atoms with E-state index in [1.807, 2.05) is 22.5 Å². The summed E-state index contributed by atoms with van der Waals surface area (Å²) in [5, 5.41) is 46.5. The van der Waals surface area contributed by atoms with Crippen LogP contribution in [0.1, 0.15) is 113 Å². The molecule has 2 unspecified atom stereocenters. The molecule has 0 radical (unpaired) electrons. The van der Waals surface area contributed by atoms with Gasteiger partial charge in [0.05, 0.1) is 24.1 Å². The molecule has 2 saturated heterocycles. The Morgan fingerprint density at radius 3 is 2.41 bits per heavy atom. The van der Waals surface area contributed by atoms with E-state index in [1.54, 1.807) is 26.0 Å². The number of carboxylic acids is 1. The van der Waals surface area contributed by atoms with Crippen LogP contribution >= 0.6 is 0 Å². The fourth-order valence-corrected chi connectivity index (χ4v) is 12.8. The number of aromatic nitrogens is 1. The van der Waals surface area contributed by atoms with Gasteiger partial charge in [-0.25, -0.2) is 9.18 Å². The molecule has 7 aliphatic rings. The molecule has 0 spiro atoms. The van der Waals surface area contributed by atoms with Gasteiger partial charge in [0.15, 0.2) is 23.1 Å². The van der Waals surface area contributed by atoms with Crippen LogP contribution in [-0.4, -0.2) is 92.6 Å². The lowest BCUT2D eigenvalue weighted by Crippen LogP contribution is -2.63. The number of methoxy groups -OCH3 is 1. The van der Waals surface area contributed by atoms with Crippen molar-refractivity contribution in [3.05, 3.63) is 56.7 Å². The van der Waals surface area contributed by atoms with E-state index in [1.165, 1.54) is 21.0 Å². The number of piperidine rings is 1. The van der Waals surface area contributed by atoms with E-state index in [9.17, 15) is 39.6 Å². The highest BCUT2D eigenvalue weighted by atomic mass is 19.1. The van der Waals surface area contributed by atoms with Gasteiger partial charge in [0.1, 0.15) is 22.5 Å². The lowest BCUT2D eigenvalue weighted by atomic mass is 9.46. The molecule has 59 heavy (non-hydrogen) atoms. The van der Waals surface area contributed by atoms with E-state index >= 15 is 4.39 Å². The number of rotatable bonds is 6. The van der Waals surface area contributed by atoms with Crippen molar-refractivity contribution in [3.8, 4) is 5.75 Å². The second kappa shape index (κ2) is 14.3. The number of halogens is 1. The second-order valence-corrected chi connectivity index (χ2v) is 19.6. The lowest BCUT2D eigenvalue weighted by Gasteiger charge is -2.59. The van der Waals surface area contributed by atoms with Crippen molar-refractivity contribution >= 4 is 34.1 Å². The average Bonchev–Trinajstić information content (AvgIpc) is 3.85. The Morgan fingerprint density at radius 2 is 1.78 bits per heavy atom. The van der Waals surface area contributed by atoms with Crippen LogP contribution in [0.5, 0.6) is 5.75 Å². The Bertz CT molecular complexity index is 2240. The van der Waals surface area contributed by atoms with Gasteiger partial charge in [0, 0.05) is 53.2 Å². The number of nitrogens with one attached hydrogen (secondary N) is 1. The highest BCUT2D eigenvalue weighted by Crippen LogP contribution is 2.67. The van der Waals surface area contributed by atoms with Gasteiger partial charge >= 0.3 is 5.97 Å². The molecule has 5 aliphatic carbocycles. The smallest absolute Gasteiger partial charge is 0.341 e. The first-order chi connectivity index (χ1) is 27.7. The molecule has 9 atom stereocenters. The maximum Gasteiger partial charge on any atom is 0.341 e. The number of pyridine rings is 1. The number of carbonyl (C=O) groups is 3. The predicted molar refractivity (Wildman–Crippen MR) is 220 cm³/mol. The maximum atomic E-state index is 15.8. The summed E-state index contributed by atoms with van der Waals surface area (Å²) >= 11 is 0. The molecule has 0 amide bonds. The van der Waals surface area contributed by atoms with Crippen molar-refractivity contribution in [3.63, 3.8) is 0 Å². The fraction of sp³-hybridized carbons (Fsp3) is 0.652. The topological polar surface area (TPSA) is 179 Å². The van der Waals surface area contributed by atoms with Gasteiger partial charge in [-0.1, -0.05) is 25.5 Å². The third kappa shape index (κ3) is 6.26. The molecular weight excluding hydrogens is 758 g/mol. The number of fused-ring (bicyclic) bond motifs is 7. The number of carbonyl (C=O) groups excluding carboxylic acids is 2. The van der Waals surface area contributed by atoms with Crippen LogP contribution in [0.4, 0.5) is 10.1 Å². The standard InChI is InChI=1S/C23H28FN3O4.C23H32O5/c1-11-16-19(27(14-6-7-14)12(2)17(21(16)28)23(29)30)22(31-3)20(18(11)24)26-9-13-5-4-8-25-15(13)10-26;1-20(2,27)19(26)23(28)10-8-16-15-6-5-13-11-14(24)7-9-21(13,3)18(15)17(25)12-22(16,23)4/h13-15,25H,4-10H2,1-3H3,(H,29,30);7,9,11,15-18,25,27-28H,5-6,8,10,12H2,1-4H3/t;15-,16-,17-,18+,21-,22-,23-/m.0/s1. The van der Waals surface area contributed by atoms with Gasteiger partial charge in [-0.15, -0.1) is 0 Å². The number of aromatic carboxylic acids is 1. The Labute approximate surface area is 344 Å². The molecule has 13 heteroatoms. The van der Waals surface area contributed by atoms with E-state index in [4.69, 9.17) is 4.74 Å². The Balaban J connectivity index is 0.000000165. The summed E-state index contributed by atoms with van der Waals surface area (Å²) in [5.74, 6) is -1.29. The number of ether oxygens (including phenoxy) is 1. The molecule has 12 nitrogen and oxygen atoms in total. The molecule has 6 fully saturated rings. The largest absolute Gasteiger partial charge is 0.492 e. The average molecular weight is 818 g/mol. The van der Waals surface area contributed by atoms with Crippen LogP contribution in [0, 0.1) is 54.2 Å². The first-order valence-corrected chi connectivity index (χ1v) is 21.5. The summed E-state index contributed by atoms with van der Waals surface area (Å²) in [4.78, 5) is 52.0. The van der Waals surface area contributed by atoms with E-state index < -0.39 is 45.7 Å². The van der Waals surface area contributed by atoms with Crippen LogP contribution < -0.4 is 20.4 Å². The van der Waals surface area contributed by atoms with Gasteiger partial charge in [0.2, 0.25) is 5.43 Å². The normalized spacial score (nSPS) is 34.9. The number of aliphatic hydroxyl groups excluding tert-OH is 1. The van der Waals surface area contributed by atoms with E-state index in [2.05, 4.69) is 12.2 Å². The fourth-order valence-electron chi connectivity index (χ4n) is 12.8. The monoisotopic (exact) mass is 817 g/mol. The summed E-state index contributed by atoms with van der Waals surface area (Å²) < 4.78 is 23.5. The summed E-state index contributed by atoms with van der Waals surface area (Å²) in [6.07, 6.45) is 11.6. The van der Waals surface area contributed by atoms with Crippen molar-refractivity contribution in [2.75, 3.05) is 31.6 Å². The summed E-state index contributed by atoms with van der Waals surface area (Å²) in [7, 11) is 1.50. The molecule has 9 rings (SSSR count). The quantitative estimate of drug-likeness (QED) is 0.255. The third-order valence-corrected chi connectivity index (χ3v) is 15.8. The summed E-state index contributed by atoms with van der Waals surface area (Å²) in [5.41, 5.74) is -2.71. The highest BCUT2D eigenvalue weighted by molar-refractivity contribution is 6.01. The number of aryl methyl sites for hydroxylation is 1. The molecule has 3 heterocycles. The van der Waals surface area contributed by atoms with Gasteiger partial charge in [-0.2, -0.15) is 0 Å². The number of anilines is 1. The van der Waals surface area contributed by atoms with Crippen LogP contribution in [0.3, 0.4) is 0 Å². The van der Waals surface area contributed by atoms with Crippen molar-refractivity contribution in [1.29, 1.82) is 0 Å². The molecule has 2 aliphatic heterocycles. The summed E-state index contributed by atoms with van der Waals surface area (Å²) in [6.45, 7) is 12.5. The molecule has 5 N–H and O–H groups in total. The number of hydrogen-bond acceptors (Lipinski definition) is 10. The van der Waals surface area contributed by atoms with E-state index in [0.29, 0.717) is 60.4 Å². The molecule has 1 aromatic carbocycles. The molecule has 2 aromatic rings. The predicted octanol–water partition coefficient (Wildman–Crippen LogP) is 5.32. The van der Waals surface area contributed by atoms with Crippen LogP contribution in [0.15, 0.2) is 28.6 Å². The number of ketones is 2. The van der Waals surface area contributed by atoms with Crippen molar-refractivity contribution in [1.82, 2.24) is 9.88 Å². The number of carboxylic acid groups (broad SMARTS) is 1. The lowest BCUT2D eigenvalue weighted by molar-refractivity contribution is -0.187. The van der Waals surface area contributed by atoms with E-state index in [0.717, 1.165) is 57.2 Å². The second-order valence-electron chi connectivity index (χ2n) is 19.6. The minimum Gasteiger partial charge on any atom is -0.492 e. The number of aliphatic hydroxyl groups is 3. The molecule has 0 bridgehead atoms. The van der Waals surface area contributed by atoms with Crippen molar-refractivity contribution in [2.45, 2.75) is 129 Å². The molecular formula is C46H60FN3O9. The van der Waals surface area contributed by atoms with Crippen LogP contribution in [-0.2, 0) is 9.59 Å². The van der Waals surface area contributed by atoms with Gasteiger partial charge < -0.3 is 39.9 Å². The number of Topliss-reactive ketones (excluding diaryl/α,β-unsaturated/α-hetero) is 1. The minimum absolute atomic E-state index is 0.00655. The van der Waals surface area contributed by atoms with Crippen LogP contribution in [0.25, 0.3) is 10.9 Å². The van der Waals surface area contributed by atoms with Crippen LogP contribution in [0.2, 0.25) is 0 Å². The molecule has 4 saturated carbocycles. The zero-order chi connectivity index (χ0) is 42.7. The highest BCUT2D eigenvalue weighted by Gasteiger charge is 2.69. The van der Waals surface area contributed by atoms with E-state index in [-0.39, 0.29) is 51.5 Å². The number of nitrogens with zero attached hydrogens (tertiary/aromatic N) is 2. The van der Waals surface area contributed by atoms with Gasteiger partial charge in [0.25, 0.3) is 0 Å². The summed E-state index contributed by atoms with van der Waals surface area (Å²) in [6, 6.07) is 0.409. The molecule has 1 aromatic heterocycles. The number of hydrogen-bond donors (Lipinski definition) is 5. The number of allylic oxidation sites excluding steroid dienone is 4. The van der Waals surface area contributed by atoms with Gasteiger partial charge in [-0.3, -0.25) is 14.4 Å². The maximum absolute atomic E-state index is 15.8. The first-order valence-electron chi connectivity index (χ1n) is 21.5. The minimum atomic E-state index is -1.63. The SMILES string of the molecule is CC(C)(O)C(=O)[C@@]1(O)CC[C@H]2[C@@H]3CCC4=CC(=O)C=C[C@]4(C)[C@H]3[C@@H](O)C[C@@]21C.COc1c(N2CC3CCCNC3C2)c(F)c(C)c2c(=O)c(C(=O)O)c(C)n(C3CC3)c12. The Hall–Kier alpha value is -3.91. The Morgan fingerprint density at radius 1 is 1.07 bits per heavy atom. The zero-order valence-corrected chi connectivity index (χ0v) is 35.4. The molecule has 320 valence electrons. The number of benzene rings is 1. The third-order valence-electron chi connectivity index (χ3n) is 15.8. The Kier molecular flexibility index (Phi) is 10.2. The van der Waals surface area contributed by atoms with Crippen molar-refractivity contribution < 1.29 is 43.9 Å². The zero-order valence-electron chi connectivity index (χ0n) is 35.4. The first kappa shape index (κ1) is 41.8. The van der Waals surface area contributed by atoms with Crippen molar-refractivity contribution in [2.24, 2.45) is 34.5 Å². The van der Waals surface area contributed by atoms with Gasteiger partial charge in [-0.05, 0) is 122 Å².